The number of rotatable bonds is 2. The normalized spacial score (nSPS) is 15.6. The van der Waals surface area contributed by atoms with Crippen LogP contribution in [0.4, 0.5) is 0 Å². The fourth-order valence-electron chi connectivity index (χ4n) is 2.50. The van der Waals surface area contributed by atoms with Crippen molar-refractivity contribution in [2.75, 3.05) is 0 Å². The molecule has 0 aliphatic carbocycles. The molecule has 0 spiro atoms. The van der Waals surface area contributed by atoms with Crippen molar-refractivity contribution < 1.29 is 8.42 Å². The van der Waals surface area contributed by atoms with Gasteiger partial charge in [0.1, 0.15) is 17.7 Å². The second kappa shape index (κ2) is 6.52. The van der Waals surface area contributed by atoms with E-state index in [0.29, 0.717) is 16.7 Å². The van der Waals surface area contributed by atoms with Crippen molar-refractivity contribution in [3.63, 3.8) is 0 Å². The Morgan fingerprint density at radius 3 is 2.08 bits per heavy atom. The minimum Gasteiger partial charge on any atom is -0.218 e. The Bertz CT molecular complexity index is 1090. The Labute approximate surface area is 150 Å². The van der Waals surface area contributed by atoms with E-state index in [1.807, 2.05) is 31.2 Å². The highest BCUT2D eigenvalue weighted by atomic mass is 32.2. The molecule has 0 unspecified atom stereocenters. The number of benzene rings is 1. The van der Waals surface area contributed by atoms with Gasteiger partial charge < -0.3 is 0 Å². The van der Waals surface area contributed by atoms with Gasteiger partial charge in [0.05, 0.1) is 9.81 Å². The standard InChI is InChI=1S/C19H12N2O2S2/c1-13-2-4-14(5-3-13)18-8-16(17(10-20)11-21)9-19(25(18,22)23)15-6-7-24-12-15/h2-9,12H,1H3. The molecule has 0 atom stereocenters. The zero-order valence-corrected chi connectivity index (χ0v) is 14.9. The lowest BCUT2D eigenvalue weighted by Crippen LogP contribution is -2.10. The minimum atomic E-state index is -3.76. The van der Waals surface area contributed by atoms with Crippen molar-refractivity contribution in [3.05, 3.63) is 81.1 Å². The first-order valence-corrected chi connectivity index (χ1v) is 9.72. The lowest BCUT2D eigenvalue weighted by atomic mass is 10.0. The summed E-state index contributed by atoms with van der Waals surface area (Å²) < 4.78 is 26.2. The van der Waals surface area contributed by atoms with Gasteiger partial charge in [-0.15, -0.1) is 0 Å². The van der Waals surface area contributed by atoms with E-state index in [1.54, 1.807) is 29.0 Å². The summed E-state index contributed by atoms with van der Waals surface area (Å²) in [6, 6.07) is 12.5. The highest BCUT2D eigenvalue weighted by molar-refractivity contribution is 8.09. The van der Waals surface area contributed by atoms with Gasteiger partial charge in [-0.05, 0) is 41.5 Å². The minimum absolute atomic E-state index is 0.0919. The second-order valence-corrected chi connectivity index (χ2v) is 8.12. The molecule has 1 aliphatic heterocycles. The zero-order chi connectivity index (χ0) is 18.0. The monoisotopic (exact) mass is 364 g/mol. The molecule has 0 N–H and O–H groups in total. The van der Waals surface area contributed by atoms with Gasteiger partial charge in [-0.1, -0.05) is 29.8 Å². The molecule has 0 saturated heterocycles. The fourth-order valence-corrected chi connectivity index (χ4v) is 4.91. The topological polar surface area (TPSA) is 81.7 Å². The van der Waals surface area contributed by atoms with Crippen LogP contribution in [0.2, 0.25) is 0 Å². The summed E-state index contributed by atoms with van der Waals surface area (Å²) in [5.41, 5.74) is 2.27. The second-order valence-electron chi connectivity index (χ2n) is 5.45. The molecule has 1 aliphatic rings. The van der Waals surface area contributed by atoms with E-state index in [9.17, 15) is 18.9 Å². The molecule has 0 bridgehead atoms. The van der Waals surface area contributed by atoms with Gasteiger partial charge in [0.2, 0.25) is 9.84 Å². The molecular weight excluding hydrogens is 352 g/mol. The van der Waals surface area contributed by atoms with Crippen molar-refractivity contribution >= 4 is 31.0 Å². The average molecular weight is 364 g/mol. The molecule has 0 amide bonds. The predicted octanol–water partition coefficient (Wildman–Crippen LogP) is 4.21. The van der Waals surface area contributed by atoms with E-state index in [2.05, 4.69) is 0 Å². The maximum Gasteiger partial charge on any atom is 0.207 e. The van der Waals surface area contributed by atoms with Crippen molar-refractivity contribution in [1.29, 1.82) is 10.5 Å². The Balaban J connectivity index is 2.31. The Morgan fingerprint density at radius 2 is 1.56 bits per heavy atom. The smallest absolute Gasteiger partial charge is 0.207 e. The van der Waals surface area contributed by atoms with Gasteiger partial charge >= 0.3 is 0 Å². The summed E-state index contributed by atoms with van der Waals surface area (Å²) in [6.07, 6.45) is 2.80. The van der Waals surface area contributed by atoms with E-state index in [-0.39, 0.29) is 15.4 Å². The van der Waals surface area contributed by atoms with E-state index >= 15 is 0 Å². The number of nitriles is 2. The van der Waals surface area contributed by atoms with Crippen LogP contribution in [0.25, 0.3) is 9.81 Å². The molecule has 0 radical (unpaired) electrons. The first-order valence-electron chi connectivity index (χ1n) is 7.30. The lowest BCUT2D eigenvalue weighted by Gasteiger charge is -2.17. The van der Waals surface area contributed by atoms with Crippen LogP contribution in [0, 0.1) is 29.6 Å². The molecule has 3 rings (SSSR count). The molecule has 0 saturated carbocycles. The van der Waals surface area contributed by atoms with Crippen molar-refractivity contribution in [1.82, 2.24) is 0 Å². The molecule has 0 fully saturated rings. The van der Waals surface area contributed by atoms with Crippen molar-refractivity contribution in [3.8, 4) is 12.1 Å². The SMILES string of the molecule is Cc1ccc(C2=CC(=C(C#N)C#N)C=C(c3ccsc3)S2(=O)=O)cc1. The molecule has 2 heterocycles. The van der Waals surface area contributed by atoms with Crippen LogP contribution in [0.5, 0.6) is 0 Å². The summed E-state index contributed by atoms with van der Waals surface area (Å²) in [7, 11) is -3.76. The van der Waals surface area contributed by atoms with Crippen LogP contribution in [0.1, 0.15) is 16.7 Å². The van der Waals surface area contributed by atoms with E-state index in [0.717, 1.165) is 5.56 Å². The molecular formula is C19H12N2O2S2. The number of sulfone groups is 1. The lowest BCUT2D eigenvalue weighted by molar-refractivity contribution is 0.614. The van der Waals surface area contributed by atoms with Crippen molar-refractivity contribution in [2.45, 2.75) is 6.92 Å². The van der Waals surface area contributed by atoms with E-state index < -0.39 is 9.84 Å². The number of thiophene rings is 1. The summed E-state index contributed by atoms with van der Waals surface area (Å²) in [4.78, 5) is 0.194. The maximum atomic E-state index is 13.1. The third kappa shape index (κ3) is 3.06. The Hall–Kier alpha value is -2.93. The van der Waals surface area contributed by atoms with Gasteiger partial charge in [0.25, 0.3) is 0 Å². The molecule has 2 aromatic rings. The molecule has 1 aromatic heterocycles. The quantitative estimate of drug-likeness (QED) is 0.748. The van der Waals surface area contributed by atoms with Gasteiger partial charge in [-0.25, -0.2) is 8.42 Å². The number of allylic oxidation sites excluding steroid dienone is 4. The number of nitrogens with zero attached hydrogens (tertiary/aromatic N) is 2. The molecule has 6 heteroatoms. The van der Waals surface area contributed by atoms with Gasteiger partial charge in [0, 0.05) is 11.1 Å². The van der Waals surface area contributed by atoms with Crippen LogP contribution in [-0.2, 0) is 9.84 Å². The fraction of sp³-hybridized carbons (Fsp3) is 0.0526. The molecule has 1 aromatic carbocycles. The third-order valence-electron chi connectivity index (χ3n) is 3.81. The average Bonchev–Trinajstić information content (AvgIpc) is 3.12. The molecule has 122 valence electrons. The maximum absolute atomic E-state index is 13.1. The van der Waals surface area contributed by atoms with E-state index in [1.165, 1.54) is 23.5 Å². The zero-order valence-electron chi connectivity index (χ0n) is 13.2. The number of aryl methyl sites for hydroxylation is 1. The number of hydrogen-bond acceptors (Lipinski definition) is 5. The van der Waals surface area contributed by atoms with E-state index in [4.69, 9.17) is 0 Å². The highest BCUT2D eigenvalue weighted by Crippen LogP contribution is 2.39. The van der Waals surface area contributed by atoms with Crippen LogP contribution in [-0.4, -0.2) is 8.42 Å². The third-order valence-corrected chi connectivity index (χ3v) is 6.35. The first kappa shape index (κ1) is 16.9. The first-order chi connectivity index (χ1) is 12.0. The Kier molecular flexibility index (Phi) is 4.41. The van der Waals surface area contributed by atoms with Crippen LogP contribution >= 0.6 is 11.3 Å². The molecule has 25 heavy (non-hydrogen) atoms. The van der Waals surface area contributed by atoms with Gasteiger partial charge in [0.15, 0.2) is 0 Å². The largest absolute Gasteiger partial charge is 0.218 e. The summed E-state index contributed by atoms with van der Waals surface area (Å²) in [5.74, 6) is 0. The Morgan fingerprint density at radius 1 is 0.960 bits per heavy atom. The van der Waals surface area contributed by atoms with Crippen LogP contribution in [0.3, 0.4) is 0 Å². The molecule has 4 nitrogen and oxygen atoms in total. The summed E-state index contributed by atoms with van der Waals surface area (Å²) in [5, 5.41) is 21.9. The van der Waals surface area contributed by atoms with Gasteiger partial charge in [-0.3, -0.25) is 0 Å². The van der Waals surface area contributed by atoms with Gasteiger partial charge in [-0.2, -0.15) is 21.9 Å². The summed E-state index contributed by atoms with van der Waals surface area (Å²) >= 11 is 1.38. The van der Waals surface area contributed by atoms with Crippen LogP contribution in [0.15, 0.2) is 64.4 Å². The van der Waals surface area contributed by atoms with Crippen molar-refractivity contribution in [2.24, 2.45) is 0 Å². The summed E-state index contributed by atoms with van der Waals surface area (Å²) in [6.45, 7) is 1.92. The highest BCUT2D eigenvalue weighted by Gasteiger charge is 2.30. The van der Waals surface area contributed by atoms with Crippen LogP contribution < -0.4 is 0 Å². The predicted molar refractivity (Wildman–Crippen MR) is 98.6 cm³/mol. The number of hydrogen-bond donors (Lipinski definition) is 0.